The summed E-state index contributed by atoms with van der Waals surface area (Å²) in [4.78, 5) is 22.4. The Labute approximate surface area is 163 Å². The van der Waals surface area contributed by atoms with Crippen molar-refractivity contribution >= 4 is 5.91 Å². The van der Waals surface area contributed by atoms with Gasteiger partial charge in [0.15, 0.2) is 0 Å². The number of benzene rings is 2. The molecule has 0 atom stereocenters. The van der Waals surface area contributed by atoms with Gasteiger partial charge in [-0.15, -0.1) is 0 Å². The summed E-state index contributed by atoms with van der Waals surface area (Å²) in [7, 11) is 1.76. The highest BCUT2D eigenvalue weighted by molar-refractivity contribution is 5.91. The van der Waals surface area contributed by atoms with Crippen molar-refractivity contribution in [3.8, 4) is 16.9 Å². The molecule has 138 valence electrons. The monoisotopic (exact) mass is 369 g/mol. The van der Waals surface area contributed by atoms with E-state index in [9.17, 15) is 4.79 Å². The minimum atomic E-state index is -0.181. The van der Waals surface area contributed by atoms with Gasteiger partial charge in [0, 0.05) is 43.3 Å². The molecule has 0 fully saturated rings. The van der Waals surface area contributed by atoms with Crippen molar-refractivity contribution in [1.29, 1.82) is 0 Å². The van der Waals surface area contributed by atoms with Gasteiger partial charge in [0.05, 0.1) is 17.6 Å². The van der Waals surface area contributed by atoms with Crippen molar-refractivity contribution in [2.75, 3.05) is 7.05 Å². The Hall–Kier alpha value is -3.80. The summed E-state index contributed by atoms with van der Waals surface area (Å²) in [6, 6.07) is 19.9. The van der Waals surface area contributed by atoms with Crippen LogP contribution < -0.4 is 0 Å². The highest BCUT2D eigenvalue weighted by Crippen LogP contribution is 2.25. The molecule has 6 nitrogen and oxygen atoms in total. The van der Waals surface area contributed by atoms with Gasteiger partial charge in [0.2, 0.25) is 0 Å². The Kier molecular flexibility index (Phi) is 4.93. The first kappa shape index (κ1) is 17.6. The van der Waals surface area contributed by atoms with Gasteiger partial charge in [-0.25, -0.2) is 9.67 Å². The molecule has 2 heterocycles. The third kappa shape index (κ3) is 3.66. The molecule has 28 heavy (non-hydrogen) atoms. The Balaban J connectivity index is 1.69. The Morgan fingerprint density at radius 1 is 1.00 bits per heavy atom. The van der Waals surface area contributed by atoms with Crippen molar-refractivity contribution in [2.45, 2.75) is 6.54 Å². The first-order valence-electron chi connectivity index (χ1n) is 8.93. The minimum Gasteiger partial charge on any atom is -0.336 e. The number of amides is 1. The lowest BCUT2D eigenvalue weighted by Gasteiger charge is -2.16. The molecule has 0 bridgehead atoms. The van der Waals surface area contributed by atoms with Crippen LogP contribution in [0.3, 0.4) is 0 Å². The van der Waals surface area contributed by atoms with Crippen LogP contribution in [0.1, 0.15) is 16.1 Å². The molecule has 2 aromatic carbocycles. The number of nitrogens with zero attached hydrogens (tertiary/aromatic N) is 5. The molecule has 0 saturated heterocycles. The van der Waals surface area contributed by atoms with Crippen molar-refractivity contribution in [3.05, 3.63) is 96.7 Å². The average molecular weight is 369 g/mol. The van der Waals surface area contributed by atoms with E-state index >= 15 is 0 Å². The second kappa shape index (κ2) is 7.84. The van der Waals surface area contributed by atoms with Crippen molar-refractivity contribution in [1.82, 2.24) is 24.6 Å². The van der Waals surface area contributed by atoms with Gasteiger partial charge in [-0.1, -0.05) is 48.5 Å². The van der Waals surface area contributed by atoms with Crippen LogP contribution in [0.4, 0.5) is 0 Å². The topological polar surface area (TPSA) is 63.9 Å². The molecule has 0 spiro atoms. The van der Waals surface area contributed by atoms with Crippen LogP contribution in [-0.4, -0.2) is 37.6 Å². The third-order valence-corrected chi connectivity index (χ3v) is 4.39. The molecular weight excluding hydrogens is 350 g/mol. The van der Waals surface area contributed by atoms with Crippen LogP contribution in [0.2, 0.25) is 0 Å². The molecule has 2 aromatic heterocycles. The molecule has 4 aromatic rings. The van der Waals surface area contributed by atoms with E-state index in [0.717, 1.165) is 22.5 Å². The molecule has 0 aliphatic carbocycles. The number of aromatic nitrogens is 4. The van der Waals surface area contributed by atoms with E-state index in [0.29, 0.717) is 12.2 Å². The zero-order chi connectivity index (χ0) is 19.3. The Bertz CT molecular complexity index is 1060. The number of carbonyl (C=O) groups is 1. The zero-order valence-corrected chi connectivity index (χ0v) is 15.4. The lowest BCUT2D eigenvalue weighted by Crippen LogP contribution is -2.27. The zero-order valence-electron chi connectivity index (χ0n) is 15.4. The van der Waals surface area contributed by atoms with Gasteiger partial charge in [0.1, 0.15) is 5.69 Å². The van der Waals surface area contributed by atoms with Gasteiger partial charge in [-0.2, -0.15) is 5.10 Å². The molecule has 1 amide bonds. The van der Waals surface area contributed by atoms with Crippen LogP contribution in [0, 0.1) is 0 Å². The van der Waals surface area contributed by atoms with Gasteiger partial charge in [-0.3, -0.25) is 9.78 Å². The minimum absolute atomic E-state index is 0.181. The molecule has 0 saturated carbocycles. The second-order valence-electron chi connectivity index (χ2n) is 6.40. The number of hydrogen-bond donors (Lipinski definition) is 0. The summed E-state index contributed by atoms with van der Waals surface area (Å²) < 4.78 is 1.85. The highest BCUT2D eigenvalue weighted by Gasteiger charge is 2.18. The predicted molar refractivity (Wildman–Crippen MR) is 107 cm³/mol. The van der Waals surface area contributed by atoms with E-state index in [1.54, 1.807) is 18.1 Å². The fraction of sp³-hybridized carbons (Fsp3) is 0.0909. The summed E-state index contributed by atoms with van der Waals surface area (Å²) >= 11 is 0. The smallest absolute Gasteiger partial charge is 0.274 e. The summed E-state index contributed by atoms with van der Waals surface area (Å²) in [5.74, 6) is -0.181. The summed E-state index contributed by atoms with van der Waals surface area (Å²) in [5, 5.41) is 4.79. The molecule has 0 unspecified atom stereocenters. The van der Waals surface area contributed by atoms with E-state index in [-0.39, 0.29) is 5.91 Å². The number of carbonyl (C=O) groups excluding carboxylic acids is 1. The van der Waals surface area contributed by atoms with Crippen molar-refractivity contribution in [2.24, 2.45) is 0 Å². The fourth-order valence-electron chi connectivity index (χ4n) is 3.01. The lowest BCUT2D eigenvalue weighted by molar-refractivity contribution is 0.0779. The Morgan fingerprint density at radius 2 is 1.71 bits per heavy atom. The van der Waals surface area contributed by atoms with Crippen LogP contribution in [-0.2, 0) is 6.54 Å². The average Bonchev–Trinajstić information content (AvgIpc) is 3.19. The third-order valence-electron chi connectivity index (χ3n) is 4.39. The quantitative estimate of drug-likeness (QED) is 0.539. The van der Waals surface area contributed by atoms with E-state index < -0.39 is 0 Å². The first-order valence-corrected chi connectivity index (χ1v) is 8.93. The van der Waals surface area contributed by atoms with E-state index in [4.69, 9.17) is 5.10 Å². The summed E-state index contributed by atoms with van der Waals surface area (Å²) in [6.07, 6.45) is 6.51. The first-order chi connectivity index (χ1) is 13.7. The standard InChI is InChI=1S/C22H19N5O/c1-26(22(28)20-14-23-12-13-24-20)15-18-16-27(19-10-6-3-7-11-19)25-21(18)17-8-4-2-5-9-17/h2-14,16H,15H2,1H3. The number of hydrogen-bond acceptors (Lipinski definition) is 4. The predicted octanol–water partition coefficient (Wildman–Crippen LogP) is 3.60. The van der Waals surface area contributed by atoms with E-state index in [1.165, 1.54) is 12.4 Å². The Morgan fingerprint density at radius 3 is 2.39 bits per heavy atom. The van der Waals surface area contributed by atoms with E-state index in [2.05, 4.69) is 9.97 Å². The molecule has 0 N–H and O–H groups in total. The number of rotatable bonds is 5. The van der Waals surface area contributed by atoms with Crippen LogP contribution in [0.15, 0.2) is 85.5 Å². The molecule has 0 aliphatic rings. The van der Waals surface area contributed by atoms with Crippen LogP contribution >= 0.6 is 0 Å². The molecule has 0 radical (unpaired) electrons. The fourth-order valence-corrected chi connectivity index (χ4v) is 3.01. The normalized spacial score (nSPS) is 10.6. The number of para-hydroxylation sites is 1. The SMILES string of the molecule is CN(Cc1cn(-c2ccccc2)nc1-c1ccccc1)C(=O)c1cnccn1. The second-order valence-corrected chi connectivity index (χ2v) is 6.40. The molecular formula is C22H19N5O. The van der Waals surface area contributed by atoms with Gasteiger partial charge >= 0.3 is 0 Å². The van der Waals surface area contributed by atoms with Gasteiger partial charge in [-0.05, 0) is 12.1 Å². The van der Waals surface area contributed by atoms with Gasteiger partial charge in [0.25, 0.3) is 5.91 Å². The molecule has 6 heteroatoms. The maximum atomic E-state index is 12.7. The maximum absolute atomic E-state index is 12.7. The van der Waals surface area contributed by atoms with E-state index in [1.807, 2.05) is 71.5 Å². The summed E-state index contributed by atoms with van der Waals surface area (Å²) in [5.41, 5.74) is 4.10. The van der Waals surface area contributed by atoms with Crippen molar-refractivity contribution in [3.63, 3.8) is 0 Å². The highest BCUT2D eigenvalue weighted by atomic mass is 16.2. The van der Waals surface area contributed by atoms with Crippen LogP contribution in [0.5, 0.6) is 0 Å². The molecule has 0 aliphatic heterocycles. The summed E-state index contributed by atoms with van der Waals surface area (Å²) in [6.45, 7) is 0.409. The van der Waals surface area contributed by atoms with Crippen LogP contribution in [0.25, 0.3) is 16.9 Å². The van der Waals surface area contributed by atoms with Crippen molar-refractivity contribution < 1.29 is 4.79 Å². The maximum Gasteiger partial charge on any atom is 0.274 e. The van der Waals surface area contributed by atoms with Gasteiger partial charge < -0.3 is 4.90 Å². The molecule has 4 rings (SSSR count). The lowest BCUT2D eigenvalue weighted by atomic mass is 10.1. The largest absolute Gasteiger partial charge is 0.336 e.